The van der Waals surface area contributed by atoms with Crippen molar-refractivity contribution < 1.29 is 4.79 Å². The molecule has 7 nitrogen and oxygen atoms in total. The summed E-state index contributed by atoms with van der Waals surface area (Å²) in [4.78, 5) is 18.4. The van der Waals surface area contributed by atoms with Crippen molar-refractivity contribution in [2.24, 2.45) is 0 Å². The second kappa shape index (κ2) is 9.21. The summed E-state index contributed by atoms with van der Waals surface area (Å²) in [5.41, 5.74) is 4.04. The minimum Gasteiger partial charge on any atom is -0.335 e. The van der Waals surface area contributed by atoms with Gasteiger partial charge in [0.1, 0.15) is 12.7 Å². The molecule has 0 saturated carbocycles. The Balaban J connectivity index is 1.37. The smallest absolute Gasteiger partial charge is 0.246 e. The van der Waals surface area contributed by atoms with Crippen molar-refractivity contribution in [3.63, 3.8) is 0 Å². The van der Waals surface area contributed by atoms with Crippen LogP contribution in [-0.2, 0) is 11.3 Å². The average Bonchev–Trinajstić information content (AvgIpc) is 3.50. The molecule has 31 heavy (non-hydrogen) atoms. The topological polar surface area (TPSA) is 68.8 Å². The molecule has 0 aliphatic rings. The van der Waals surface area contributed by atoms with Gasteiger partial charge in [0, 0.05) is 24.9 Å². The molecule has 1 amide bonds. The highest BCUT2D eigenvalue weighted by Gasteiger charge is 2.15. The molecule has 0 aliphatic carbocycles. The number of benzene rings is 2. The molecule has 2 aromatic heterocycles. The zero-order valence-corrected chi connectivity index (χ0v) is 17.5. The van der Waals surface area contributed by atoms with E-state index >= 15 is 0 Å². The van der Waals surface area contributed by atoms with E-state index in [1.54, 1.807) is 34.3 Å². The number of rotatable bonds is 7. The van der Waals surface area contributed by atoms with Crippen LogP contribution >= 0.6 is 0 Å². The fourth-order valence-electron chi connectivity index (χ4n) is 3.27. The first-order valence-corrected chi connectivity index (χ1v) is 10.1. The number of aromatic nitrogens is 5. The molecule has 156 valence electrons. The molecule has 0 unspecified atom stereocenters. The van der Waals surface area contributed by atoms with Crippen molar-refractivity contribution in [3.8, 4) is 5.69 Å². The van der Waals surface area contributed by atoms with Gasteiger partial charge in [-0.25, -0.2) is 9.67 Å². The van der Waals surface area contributed by atoms with E-state index in [1.165, 1.54) is 11.9 Å². The van der Waals surface area contributed by atoms with Gasteiger partial charge in [0.15, 0.2) is 0 Å². The molecule has 1 atom stereocenters. The Kier molecular flexibility index (Phi) is 6.03. The lowest BCUT2D eigenvalue weighted by atomic mass is 10.1. The van der Waals surface area contributed by atoms with Crippen LogP contribution in [0.25, 0.3) is 11.8 Å². The predicted molar refractivity (Wildman–Crippen MR) is 119 cm³/mol. The van der Waals surface area contributed by atoms with Crippen molar-refractivity contribution in [1.82, 2.24) is 29.4 Å². The zero-order valence-electron chi connectivity index (χ0n) is 17.5. The molecule has 0 N–H and O–H groups in total. The first-order chi connectivity index (χ1) is 15.1. The van der Waals surface area contributed by atoms with Crippen molar-refractivity contribution in [2.45, 2.75) is 19.5 Å². The van der Waals surface area contributed by atoms with E-state index in [0.29, 0.717) is 6.54 Å². The predicted octanol–water partition coefficient (Wildman–Crippen LogP) is 3.74. The Morgan fingerprint density at radius 2 is 1.87 bits per heavy atom. The lowest BCUT2D eigenvalue weighted by Crippen LogP contribution is -2.27. The van der Waals surface area contributed by atoms with Crippen LogP contribution in [-0.4, -0.2) is 42.4 Å². The molecule has 2 heterocycles. The van der Waals surface area contributed by atoms with Gasteiger partial charge in [0.25, 0.3) is 0 Å². The molecule has 2 aromatic carbocycles. The fourth-order valence-corrected chi connectivity index (χ4v) is 3.27. The van der Waals surface area contributed by atoms with Crippen LogP contribution in [0.3, 0.4) is 0 Å². The highest BCUT2D eigenvalue weighted by atomic mass is 16.2. The van der Waals surface area contributed by atoms with E-state index < -0.39 is 0 Å². The second-order valence-electron chi connectivity index (χ2n) is 7.35. The van der Waals surface area contributed by atoms with Crippen molar-refractivity contribution in [2.75, 3.05) is 7.05 Å². The maximum atomic E-state index is 12.7. The molecule has 7 heteroatoms. The molecule has 0 radical (unpaired) electrons. The van der Waals surface area contributed by atoms with E-state index in [4.69, 9.17) is 0 Å². The molecule has 0 saturated heterocycles. The third kappa shape index (κ3) is 4.95. The van der Waals surface area contributed by atoms with E-state index in [0.717, 1.165) is 16.8 Å². The average molecular weight is 412 g/mol. The third-order valence-corrected chi connectivity index (χ3v) is 5.25. The van der Waals surface area contributed by atoms with Gasteiger partial charge in [-0.1, -0.05) is 42.5 Å². The molecule has 4 aromatic rings. The van der Waals surface area contributed by atoms with Crippen LogP contribution in [0.4, 0.5) is 0 Å². The van der Waals surface area contributed by atoms with Gasteiger partial charge in [-0.15, -0.1) is 0 Å². The SMILES string of the molecule is C[C@H](c1ccc(-n2cncn2)cc1)N(C)C(=O)/C=C/c1cnn(Cc2ccccc2)c1. The van der Waals surface area contributed by atoms with E-state index in [9.17, 15) is 4.79 Å². The first-order valence-electron chi connectivity index (χ1n) is 10.1. The van der Waals surface area contributed by atoms with E-state index in [1.807, 2.05) is 67.3 Å². The summed E-state index contributed by atoms with van der Waals surface area (Å²) < 4.78 is 3.56. The summed E-state index contributed by atoms with van der Waals surface area (Å²) in [6, 6.07) is 18.0. The summed E-state index contributed by atoms with van der Waals surface area (Å²) in [5.74, 6) is -0.0661. The van der Waals surface area contributed by atoms with Crippen molar-refractivity contribution in [1.29, 1.82) is 0 Å². The first kappa shape index (κ1) is 20.3. The summed E-state index contributed by atoms with van der Waals surface area (Å²) >= 11 is 0. The quantitative estimate of drug-likeness (QED) is 0.434. The van der Waals surface area contributed by atoms with Crippen LogP contribution in [0.1, 0.15) is 29.7 Å². The Labute approximate surface area is 181 Å². The summed E-state index contributed by atoms with van der Waals surface area (Å²) in [6.45, 7) is 2.71. The number of hydrogen-bond donors (Lipinski definition) is 0. The zero-order chi connectivity index (χ0) is 21.6. The number of hydrogen-bond acceptors (Lipinski definition) is 4. The summed E-state index contributed by atoms with van der Waals surface area (Å²) in [6.07, 6.45) is 10.2. The molecule has 0 aliphatic heterocycles. The molecule has 0 spiro atoms. The minimum absolute atomic E-state index is 0.0661. The largest absolute Gasteiger partial charge is 0.335 e. The van der Waals surface area contributed by atoms with Crippen molar-refractivity contribution in [3.05, 3.63) is 102 Å². The number of carbonyl (C=O) groups excluding carboxylic acids is 1. The highest BCUT2D eigenvalue weighted by Crippen LogP contribution is 2.20. The lowest BCUT2D eigenvalue weighted by Gasteiger charge is -2.24. The van der Waals surface area contributed by atoms with Crippen LogP contribution < -0.4 is 0 Å². The van der Waals surface area contributed by atoms with Gasteiger partial charge in [0.2, 0.25) is 5.91 Å². The van der Waals surface area contributed by atoms with Gasteiger partial charge < -0.3 is 4.90 Å². The minimum atomic E-state index is -0.0669. The fraction of sp³-hybridized carbons (Fsp3) is 0.167. The van der Waals surface area contributed by atoms with Gasteiger partial charge in [-0.2, -0.15) is 10.2 Å². The number of likely N-dealkylation sites (N-methyl/N-ethyl adjacent to an activating group) is 1. The Bertz CT molecular complexity index is 1150. The van der Waals surface area contributed by atoms with E-state index in [-0.39, 0.29) is 11.9 Å². The molecular weight excluding hydrogens is 388 g/mol. The molecule has 0 bridgehead atoms. The number of amides is 1. The van der Waals surface area contributed by atoms with Gasteiger partial charge in [-0.3, -0.25) is 9.48 Å². The Morgan fingerprint density at radius 1 is 1.10 bits per heavy atom. The summed E-state index contributed by atoms with van der Waals surface area (Å²) in [5, 5.41) is 8.50. The Morgan fingerprint density at radius 3 is 2.58 bits per heavy atom. The van der Waals surface area contributed by atoms with Gasteiger partial charge in [0.05, 0.1) is 24.5 Å². The monoisotopic (exact) mass is 412 g/mol. The molecule has 4 rings (SSSR count). The summed E-state index contributed by atoms with van der Waals surface area (Å²) in [7, 11) is 1.81. The normalized spacial score (nSPS) is 12.2. The lowest BCUT2D eigenvalue weighted by molar-refractivity contribution is -0.126. The van der Waals surface area contributed by atoms with Crippen molar-refractivity contribution >= 4 is 12.0 Å². The molecule has 0 fully saturated rings. The maximum Gasteiger partial charge on any atom is 0.246 e. The standard InChI is InChI=1S/C24H24N6O/c1-19(22-9-11-23(12-10-22)30-18-25-17-27-30)28(2)24(31)13-8-21-14-26-29(16-21)15-20-6-4-3-5-7-20/h3-14,16-19H,15H2,1-2H3/b13-8+/t19-/m1/s1. The second-order valence-corrected chi connectivity index (χ2v) is 7.35. The van der Waals surface area contributed by atoms with Crippen LogP contribution in [0.15, 0.2) is 85.7 Å². The van der Waals surface area contributed by atoms with Crippen LogP contribution in [0.5, 0.6) is 0 Å². The third-order valence-electron chi connectivity index (χ3n) is 5.25. The van der Waals surface area contributed by atoms with E-state index in [2.05, 4.69) is 27.3 Å². The number of nitrogens with zero attached hydrogens (tertiary/aromatic N) is 6. The Hall–Kier alpha value is -4.00. The van der Waals surface area contributed by atoms with Crippen LogP contribution in [0, 0.1) is 0 Å². The van der Waals surface area contributed by atoms with Gasteiger partial charge in [-0.05, 0) is 36.3 Å². The number of carbonyl (C=O) groups is 1. The van der Waals surface area contributed by atoms with Crippen LogP contribution in [0.2, 0.25) is 0 Å². The maximum absolute atomic E-state index is 12.7. The molecular formula is C24H24N6O. The van der Waals surface area contributed by atoms with Gasteiger partial charge >= 0.3 is 0 Å². The highest BCUT2D eigenvalue weighted by molar-refractivity contribution is 5.91.